The summed E-state index contributed by atoms with van der Waals surface area (Å²) in [7, 11) is 0. The molecule has 0 aromatic rings. The Hall–Kier alpha value is -0.120. The molecule has 0 spiro atoms. The van der Waals surface area contributed by atoms with Gasteiger partial charge in [-0.3, -0.25) is 0 Å². The van der Waals surface area contributed by atoms with Gasteiger partial charge in [-0.15, -0.1) is 0 Å². The Balaban J connectivity index is 1.88. The molecule has 0 aromatic carbocycles. The Morgan fingerprint density at radius 1 is 1.25 bits per heavy atom. The van der Waals surface area contributed by atoms with Crippen molar-refractivity contribution in [3.05, 3.63) is 0 Å². The molecule has 0 amide bonds. The summed E-state index contributed by atoms with van der Waals surface area (Å²) in [6.45, 7) is 8.09. The van der Waals surface area contributed by atoms with Crippen LogP contribution in [0.15, 0.2) is 0 Å². The van der Waals surface area contributed by atoms with E-state index in [0.29, 0.717) is 12.5 Å². The Morgan fingerprint density at radius 3 is 2.44 bits per heavy atom. The summed E-state index contributed by atoms with van der Waals surface area (Å²) in [5, 5.41) is 10.5. The minimum atomic E-state index is -0.611. The Bertz CT molecular complexity index is 242. The van der Waals surface area contributed by atoms with Gasteiger partial charge in [-0.1, -0.05) is 13.8 Å². The number of hydrogen-bond donors (Lipinski definition) is 2. The van der Waals surface area contributed by atoms with Crippen LogP contribution in [0.3, 0.4) is 0 Å². The van der Waals surface area contributed by atoms with Gasteiger partial charge in [0.2, 0.25) is 0 Å². The highest BCUT2D eigenvalue weighted by Crippen LogP contribution is 2.40. The number of likely N-dealkylation sites (tertiary alicyclic amines) is 1. The maximum Gasteiger partial charge on any atom is 0.0923 e. The maximum atomic E-state index is 10.5. The van der Waals surface area contributed by atoms with Crippen molar-refractivity contribution in [3.63, 3.8) is 0 Å². The summed E-state index contributed by atoms with van der Waals surface area (Å²) in [5.74, 6) is 2.03. The number of nitrogens with zero attached hydrogens (tertiary/aromatic N) is 1. The average Bonchev–Trinajstić information content (AvgIpc) is 3.07. The molecule has 1 saturated heterocycles. The largest absolute Gasteiger partial charge is 0.387 e. The molecular weight excluding hydrogens is 200 g/mol. The molecule has 3 atom stereocenters. The van der Waals surface area contributed by atoms with Crippen LogP contribution >= 0.6 is 0 Å². The highest BCUT2D eigenvalue weighted by Gasteiger charge is 2.44. The number of nitrogens with two attached hydrogens (primary N) is 1. The minimum absolute atomic E-state index is 0.415. The molecule has 2 rings (SSSR count). The third-order valence-corrected chi connectivity index (χ3v) is 4.61. The molecular formula is C13H26N2O. The number of piperidine rings is 1. The predicted molar refractivity (Wildman–Crippen MR) is 66.1 cm³/mol. The van der Waals surface area contributed by atoms with Crippen molar-refractivity contribution < 1.29 is 5.11 Å². The van der Waals surface area contributed by atoms with Gasteiger partial charge in [0.25, 0.3) is 0 Å². The summed E-state index contributed by atoms with van der Waals surface area (Å²) >= 11 is 0. The van der Waals surface area contributed by atoms with Crippen LogP contribution in [0.4, 0.5) is 0 Å². The van der Waals surface area contributed by atoms with Crippen molar-refractivity contribution in [2.45, 2.75) is 38.7 Å². The second-order valence-electron chi connectivity index (χ2n) is 6.06. The zero-order valence-electron chi connectivity index (χ0n) is 10.7. The Kier molecular flexibility index (Phi) is 3.57. The van der Waals surface area contributed by atoms with E-state index in [-0.39, 0.29) is 0 Å². The first-order valence-corrected chi connectivity index (χ1v) is 6.70. The lowest BCUT2D eigenvalue weighted by molar-refractivity contribution is -0.0222. The zero-order valence-corrected chi connectivity index (χ0v) is 10.7. The van der Waals surface area contributed by atoms with E-state index in [1.807, 2.05) is 0 Å². The lowest BCUT2D eigenvalue weighted by Crippen LogP contribution is -2.52. The number of hydrogen-bond acceptors (Lipinski definition) is 3. The summed E-state index contributed by atoms with van der Waals surface area (Å²) in [4.78, 5) is 2.41. The van der Waals surface area contributed by atoms with Gasteiger partial charge in [-0.25, -0.2) is 0 Å². The minimum Gasteiger partial charge on any atom is -0.387 e. The zero-order chi connectivity index (χ0) is 11.8. The standard InChI is InChI=1S/C13H26N2O/c1-10-5-6-15(7-11(10)2)9-13(16,8-14)12-3-4-12/h10-12,16H,3-9,14H2,1-2H3. The molecule has 2 fully saturated rings. The second kappa shape index (κ2) is 4.63. The molecule has 0 aromatic heterocycles. The molecule has 0 bridgehead atoms. The van der Waals surface area contributed by atoms with Gasteiger partial charge < -0.3 is 15.7 Å². The number of aliphatic hydroxyl groups is 1. The van der Waals surface area contributed by atoms with E-state index in [2.05, 4.69) is 18.7 Å². The third kappa shape index (κ3) is 2.58. The lowest BCUT2D eigenvalue weighted by Gasteiger charge is -2.40. The molecule has 1 aliphatic carbocycles. The van der Waals surface area contributed by atoms with Crippen molar-refractivity contribution in [2.75, 3.05) is 26.2 Å². The van der Waals surface area contributed by atoms with E-state index < -0.39 is 5.60 Å². The fraction of sp³-hybridized carbons (Fsp3) is 1.00. The Labute approximate surface area is 99.0 Å². The topological polar surface area (TPSA) is 49.5 Å². The molecule has 16 heavy (non-hydrogen) atoms. The average molecular weight is 226 g/mol. The van der Waals surface area contributed by atoms with Crippen LogP contribution in [-0.2, 0) is 0 Å². The molecule has 3 N–H and O–H groups in total. The van der Waals surface area contributed by atoms with E-state index in [1.165, 1.54) is 6.42 Å². The molecule has 2 aliphatic rings. The van der Waals surface area contributed by atoms with Crippen molar-refractivity contribution >= 4 is 0 Å². The van der Waals surface area contributed by atoms with Crippen LogP contribution in [0.5, 0.6) is 0 Å². The van der Waals surface area contributed by atoms with Crippen molar-refractivity contribution in [1.82, 2.24) is 4.90 Å². The van der Waals surface area contributed by atoms with Crippen LogP contribution in [0.2, 0.25) is 0 Å². The van der Waals surface area contributed by atoms with E-state index in [9.17, 15) is 5.11 Å². The first-order valence-electron chi connectivity index (χ1n) is 6.70. The van der Waals surface area contributed by atoms with Gasteiger partial charge in [0.05, 0.1) is 5.60 Å². The van der Waals surface area contributed by atoms with Crippen LogP contribution in [0.25, 0.3) is 0 Å². The van der Waals surface area contributed by atoms with Crippen LogP contribution in [-0.4, -0.2) is 41.8 Å². The van der Waals surface area contributed by atoms with Crippen molar-refractivity contribution in [3.8, 4) is 0 Å². The van der Waals surface area contributed by atoms with Gasteiger partial charge in [0.1, 0.15) is 0 Å². The number of rotatable bonds is 4. The number of β-amino-alcohol motifs (C(OH)–C–C–N with tert-alkyl or cyclic N) is 1. The van der Waals surface area contributed by atoms with Crippen LogP contribution < -0.4 is 5.73 Å². The fourth-order valence-electron chi connectivity index (χ4n) is 2.86. The maximum absolute atomic E-state index is 10.5. The van der Waals surface area contributed by atoms with E-state index >= 15 is 0 Å². The first-order chi connectivity index (χ1) is 7.55. The SMILES string of the molecule is CC1CCN(CC(O)(CN)C2CC2)CC1C. The fourth-order valence-corrected chi connectivity index (χ4v) is 2.86. The molecule has 3 unspecified atom stereocenters. The van der Waals surface area contributed by atoms with Crippen molar-refractivity contribution in [2.24, 2.45) is 23.5 Å². The highest BCUT2D eigenvalue weighted by atomic mass is 16.3. The van der Waals surface area contributed by atoms with Crippen molar-refractivity contribution in [1.29, 1.82) is 0 Å². The summed E-state index contributed by atoms with van der Waals surface area (Å²) in [5.41, 5.74) is 5.14. The molecule has 1 saturated carbocycles. The molecule has 3 heteroatoms. The molecule has 1 heterocycles. The van der Waals surface area contributed by atoms with Gasteiger partial charge in [0, 0.05) is 19.6 Å². The first kappa shape index (κ1) is 12.3. The lowest BCUT2D eigenvalue weighted by atomic mass is 9.87. The normalized spacial score (nSPS) is 36.0. The van der Waals surface area contributed by atoms with E-state index in [0.717, 1.165) is 44.3 Å². The van der Waals surface area contributed by atoms with E-state index in [1.54, 1.807) is 0 Å². The summed E-state index contributed by atoms with van der Waals surface area (Å²) < 4.78 is 0. The second-order valence-corrected chi connectivity index (χ2v) is 6.06. The van der Waals surface area contributed by atoms with Crippen LogP contribution in [0.1, 0.15) is 33.1 Å². The van der Waals surface area contributed by atoms with Gasteiger partial charge in [-0.2, -0.15) is 0 Å². The Morgan fingerprint density at radius 2 is 1.94 bits per heavy atom. The summed E-state index contributed by atoms with van der Waals surface area (Å²) in [6, 6.07) is 0. The molecule has 3 nitrogen and oxygen atoms in total. The monoisotopic (exact) mass is 226 g/mol. The molecule has 0 radical (unpaired) electrons. The molecule has 94 valence electrons. The van der Waals surface area contributed by atoms with Gasteiger partial charge >= 0.3 is 0 Å². The van der Waals surface area contributed by atoms with Gasteiger partial charge in [0.15, 0.2) is 0 Å². The summed E-state index contributed by atoms with van der Waals surface area (Å²) in [6.07, 6.45) is 3.58. The van der Waals surface area contributed by atoms with E-state index in [4.69, 9.17) is 5.73 Å². The quantitative estimate of drug-likeness (QED) is 0.754. The molecule has 1 aliphatic heterocycles. The third-order valence-electron chi connectivity index (χ3n) is 4.61. The smallest absolute Gasteiger partial charge is 0.0923 e. The predicted octanol–water partition coefficient (Wildman–Crippen LogP) is 1.06. The highest BCUT2D eigenvalue weighted by molar-refractivity contribution is 4.98. The van der Waals surface area contributed by atoms with Crippen LogP contribution in [0, 0.1) is 17.8 Å². The van der Waals surface area contributed by atoms with Gasteiger partial charge in [-0.05, 0) is 43.6 Å².